The molecule has 1 nitrogen and oxygen atoms in total. The van der Waals surface area contributed by atoms with Crippen molar-refractivity contribution in [3.05, 3.63) is 77.6 Å². The summed E-state index contributed by atoms with van der Waals surface area (Å²) >= 11 is 0. The minimum absolute atomic E-state index is 0.0549. The van der Waals surface area contributed by atoms with Crippen molar-refractivity contribution in [1.82, 2.24) is 0 Å². The number of hydrogen-bond donors (Lipinski definition) is 0. The van der Waals surface area contributed by atoms with Gasteiger partial charge in [-0.05, 0) is 73.1 Å². The summed E-state index contributed by atoms with van der Waals surface area (Å²) in [6.45, 7) is 2.04. The Morgan fingerprint density at radius 3 is 1.97 bits per heavy atom. The van der Waals surface area contributed by atoms with Gasteiger partial charge in [-0.1, -0.05) is 38.0 Å². The van der Waals surface area contributed by atoms with Gasteiger partial charge in [0.15, 0.2) is 23.2 Å². The van der Waals surface area contributed by atoms with Crippen molar-refractivity contribution in [1.29, 1.82) is 0 Å². The maximum absolute atomic E-state index is 14.8. The molecule has 192 valence electrons. The van der Waals surface area contributed by atoms with E-state index >= 15 is 0 Å². The number of hydrogen-bond acceptors (Lipinski definition) is 1. The van der Waals surface area contributed by atoms with Crippen molar-refractivity contribution in [2.75, 3.05) is 0 Å². The van der Waals surface area contributed by atoms with Gasteiger partial charge in [0.1, 0.15) is 5.82 Å². The summed E-state index contributed by atoms with van der Waals surface area (Å²) in [6, 6.07) is 8.15. The lowest BCUT2D eigenvalue weighted by Crippen LogP contribution is -2.37. The van der Waals surface area contributed by atoms with Crippen molar-refractivity contribution in [2.45, 2.75) is 51.6 Å². The van der Waals surface area contributed by atoms with E-state index < -0.39 is 46.9 Å². The van der Waals surface area contributed by atoms with Gasteiger partial charge in [0.2, 0.25) is 5.82 Å². The fourth-order valence-corrected chi connectivity index (χ4v) is 4.84. The number of halogens is 7. The van der Waals surface area contributed by atoms with E-state index in [0.29, 0.717) is 18.8 Å². The predicted octanol–water partition coefficient (Wildman–Crippen LogP) is 9.29. The smallest absolute Gasteiger partial charge is 0.400 e. The van der Waals surface area contributed by atoms with Gasteiger partial charge in [0.25, 0.3) is 0 Å². The Morgan fingerprint density at radius 1 is 0.722 bits per heavy atom. The Labute approximate surface area is 204 Å². The zero-order valence-corrected chi connectivity index (χ0v) is 19.6. The van der Waals surface area contributed by atoms with Gasteiger partial charge in [-0.25, -0.2) is 17.6 Å². The van der Waals surface area contributed by atoms with Crippen LogP contribution in [0, 0.1) is 40.9 Å². The number of benzene rings is 3. The lowest BCUT2D eigenvalue weighted by molar-refractivity contribution is -0.224. The van der Waals surface area contributed by atoms with Crippen molar-refractivity contribution in [3.8, 4) is 28.0 Å². The molecule has 0 heterocycles. The molecule has 0 N–H and O–H groups in total. The van der Waals surface area contributed by atoms with Gasteiger partial charge in [0, 0.05) is 11.1 Å². The second-order valence-electron chi connectivity index (χ2n) is 9.23. The van der Waals surface area contributed by atoms with Crippen LogP contribution in [0.4, 0.5) is 30.7 Å². The van der Waals surface area contributed by atoms with Crippen molar-refractivity contribution >= 4 is 0 Å². The standard InChI is InChI=1S/C28H25F7O/c1-2-3-16-4-8-19(9-5-16)28(34,35)36-25-13-11-21(26(32)27(25)33)18-6-10-20(23(30)14-18)17-7-12-22(29)24(31)15-17/h6-7,10-16,19H,2-5,8-9H2,1H3. The highest BCUT2D eigenvalue weighted by Gasteiger charge is 2.44. The van der Waals surface area contributed by atoms with Gasteiger partial charge < -0.3 is 4.74 Å². The number of rotatable bonds is 7. The molecular weight excluding hydrogens is 485 g/mol. The van der Waals surface area contributed by atoms with Crippen LogP contribution in [0.5, 0.6) is 5.75 Å². The SMILES string of the molecule is CCCC1CCC(C(F)(F)Oc2ccc(-c3ccc(-c4ccc(F)c(F)c4)c(F)c3)c(F)c2F)CC1. The number of ether oxygens (including phenoxy) is 1. The summed E-state index contributed by atoms with van der Waals surface area (Å²) in [5.41, 5.74) is -0.451. The fraction of sp³-hybridized carbons (Fsp3) is 0.357. The minimum atomic E-state index is -3.66. The minimum Gasteiger partial charge on any atom is -0.429 e. The molecule has 1 saturated carbocycles. The molecule has 4 rings (SSSR count). The molecule has 1 aliphatic rings. The first kappa shape index (κ1) is 26.0. The van der Waals surface area contributed by atoms with E-state index in [2.05, 4.69) is 4.74 Å². The molecule has 3 aromatic rings. The first-order valence-electron chi connectivity index (χ1n) is 11.9. The average Bonchev–Trinajstić information content (AvgIpc) is 2.84. The van der Waals surface area contributed by atoms with Crippen LogP contribution in [0.1, 0.15) is 45.4 Å². The first-order chi connectivity index (χ1) is 17.1. The third kappa shape index (κ3) is 5.37. The average molecular weight is 510 g/mol. The highest BCUT2D eigenvalue weighted by Crippen LogP contribution is 2.42. The van der Waals surface area contributed by atoms with Crippen LogP contribution >= 0.6 is 0 Å². The first-order valence-corrected chi connectivity index (χ1v) is 11.9. The summed E-state index contributed by atoms with van der Waals surface area (Å²) in [5, 5.41) is 0. The van der Waals surface area contributed by atoms with E-state index in [0.717, 1.165) is 43.2 Å². The third-order valence-corrected chi connectivity index (χ3v) is 6.82. The quantitative estimate of drug-likeness (QED) is 0.288. The molecule has 0 spiro atoms. The van der Waals surface area contributed by atoms with Crippen molar-refractivity contribution in [2.24, 2.45) is 11.8 Å². The van der Waals surface area contributed by atoms with Crippen LogP contribution < -0.4 is 4.74 Å². The van der Waals surface area contributed by atoms with E-state index in [1.165, 1.54) is 18.2 Å². The normalized spacial score (nSPS) is 18.3. The van der Waals surface area contributed by atoms with Crippen LogP contribution in [0.2, 0.25) is 0 Å². The summed E-state index contributed by atoms with van der Waals surface area (Å²) < 4.78 is 105. The lowest BCUT2D eigenvalue weighted by atomic mass is 9.79. The van der Waals surface area contributed by atoms with Crippen LogP contribution in [-0.4, -0.2) is 6.11 Å². The molecule has 0 atom stereocenters. The summed E-state index contributed by atoms with van der Waals surface area (Å²) in [6.07, 6.45) is 0.0506. The highest BCUT2D eigenvalue weighted by molar-refractivity contribution is 5.72. The van der Waals surface area contributed by atoms with Gasteiger partial charge in [0.05, 0.1) is 5.92 Å². The van der Waals surface area contributed by atoms with Gasteiger partial charge in [-0.2, -0.15) is 13.2 Å². The molecule has 3 aromatic carbocycles. The molecule has 0 saturated heterocycles. The Bertz CT molecular complexity index is 1230. The molecule has 0 radical (unpaired) electrons. The maximum atomic E-state index is 14.8. The molecular formula is C28H25F7O. The lowest BCUT2D eigenvalue weighted by Gasteiger charge is -2.33. The van der Waals surface area contributed by atoms with Crippen molar-refractivity contribution in [3.63, 3.8) is 0 Å². The third-order valence-electron chi connectivity index (χ3n) is 6.82. The fourth-order valence-electron chi connectivity index (χ4n) is 4.84. The Morgan fingerprint density at radius 2 is 1.33 bits per heavy atom. The Kier molecular flexibility index (Phi) is 7.62. The van der Waals surface area contributed by atoms with Crippen LogP contribution in [0.25, 0.3) is 22.3 Å². The maximum Gasteiger partial charge on any atom is 0.400 e. The predicted molar refractivity (Wildman–Crippen MR) is 123 cm³/mol. The van der Waals surface area contributed by atoms with Gasteiger partial charge in [-0.15, -0.1) is 0 Å². The van der Waals surface area contributed by atoms with Crippen molar-refractivity contribution < 1.29 is 35.5 Å². The van der Waals surface area contributed by atoms with Crippen LogP contribution in [-0.2, 0) is 0 Å². The van der Waals surface area contributed by atoms with Gasteiger partial charge in [-0.3, -0.25) is 0 Å². The summed E-state index contributed by atoms with van der Waals surface area (Å²) in [4.78, 5) is 0. The summed E-state index contributed by atoms with van der Waals surface area (Å²) in [5.74, 6) is -7.82. The Balaban J connectivity index is 1.54. The monoisotopic (exact) mass is 510 g/mol. The second kappa shape index (κ2) is 10.5. The second-order valence-corrected chi connectivity index (χ2v) is 9.23. The molecule has 1 fully saturated rings. The molecule has 36 heavy (non-hydrogen) atoms. The highest BCUT2D eigenvalue weighted by atomic mass is 19.3. The molecule has 8 heteroatoms. The molecule has 0 aromatic heterocycles. The Hall–Kier alpha value is -3.03. The number of alkyl halides is 2. The zero-order valence-electron chi connectivity index (χ0n) is 19.6. The topological polar surface area (TPSA) is 9.23 Å². The van der Waals surface area contributed by atoms with Crippen LogP contribution in [0.15, 0.2) is 48.5 Å². The van der Waals surface area contributed by atoms with E-state index in [4.69, 9.17) is 0 Å². The van der Waals surface area contributed by atoms with Crippen LogP contribution in [0.3, 0.4) is 0 Å². The van der Waals surface area contributed by atoms with E-state index in [9.17, 15) is 30.7 Å². The van der Waals surface area contributed by atoms with E-state index in [-0.39, 0.29) is 35.1 Å². The zero-order chi connectivity index (χ0) is 26.0. The summed E-state index contributed by atoms with van der Waals surface area (Å²) in [7, 11) is 0. The molecule has 0 aliphatic heterocycles. The largest absolute Gasteiger partial charge is 0.429 e. The van der Waals surface area contributed by atoms with Gasteiger partial charge >= 0.3 is 6.11 Å². The van der Waals surface area contributed by atoms with E-state index in [1.54, 1.807) is 0 Å². The van der Waals surface area contributed by atoms with E-state index in [1.807, 2.05) is 6.92 Å². The molecule has 0 amide bonds. The molecule has 0 bridgehead atoms. The molecule has 1 aliphatic carbocycles. The molecule has 0 unspecified atom stereocenters.